The van der Waals surface area contributed by atoms with Crippen LogP contribution in [0.1, 0.15) is 38.2 Å². The zero-order valence-corrected chi connectivity index (χ0v) is 16.3. The number of hydrogen-bond donors (Lipinski definition) is 0. The fraction of sp³-hybridized carbons (Fsp3) is 0.160. The highest BCUT2D eigenvalue weighted by Gasteiger charge is 2.30. The van der Waals surface area contributed by atoms with Crippen molar-refractivity contribution in [3.05, 3.63) is 99.8 Å². The quantitative estimate of drug-likeness (QED) is 0.544. The van der Waals surface area contributed by atoms with Gasteiger partial charge in [0.05, 0.1) is 5.56 Å². The molecular formula is C25H22O3. The first-order valence-corrected chi connectivity index (χ1v) is 9.34. The number of rotatable bonds is 4. The van der Waals surface area contributed by atoms with Crippen LogP contribution >= 0.6 is 0 Å². The second-order valence-electron chi connectivity index (χ2n) is 7.18. The van der Waals surface area contributed by atoms with Gasteiger partial charge < -0.3 is 9.47 Å². The maximum Gasteiger partial charge on any atom is 0.232 e. The lowest BCUT2D eigenvalue weighted by Gasteiger charge is -2.10. The molecule has 1 heterocycles. The first kappa shape index (κ1) is 18.1. The van der Waals surface area contributed by atoms with E-state index in [2.05, 4.69) is 19.1 Å². The predicted octanol–water partition coefficient (Wildman–Crippen LogP) is 5.81. The zero-order valence-electron chi connectivity index (χ0n) is 16.3. The van der Waals surface area contributed by atoms with Crippen LogP contribution in [0.25, 0.3) is 6.08 Å². The largest absolute Gasteiger partial charge is 0.489 e. The van der Waals surface area contributed by atoms with Crippen LogP contribution in [-0.2, 0) is 6.61 Å². The third-order valence-corrected chi connectivity index (χ3v) is 4.94. The zero-order chi connectivity index (χ0) is 19.7. The summed E-state index contributed by atoms with van der Waals surface area (Å²) < 4.78 is 11.9. The van der Waals surface area contributed by atoms with Crippen LogP contribution in [0.2, 0.25) is 0 Å². The van der Waals surface area contributed by atoms with E-state index in [0.717, 1.165) is 22.3 Å². The molecule has 0 amide bonds. The predicted molar refractivity (Wildman–Crippen MR) is 111 cm³/mol. The number of aryl methyl sites for hydroxylation is 3. The molecule has 0 spiro atoms. The summed E-state index contributed by atoms with van der Waals surface area (Å²) in [5, 5.41) is 0. The van der Waals surface area contributed by atoms with Crippen molar-refractivity contribution in [1.29, 1.82) is 0 Å². The number of fused-ring (bicyclic) bond motifs is 1. The van der Waals surface area contributed by atoms with Crippen molar-refractivity contribution in [2.24, 2.45) is 0 Å². The minimum absolute atomic E-state index is 0.0838. The SMILES string of the molecule is Cc1cccc(/C=C2\Oc3cc(OCc4ccccc4C)cc(C)c3C2=O)c1. The molecule has 3 nitrogen and oxygen atoms in total. The molecule has 0 saturated carbocycles. The average molecular weight is 370 g/mol. The Labute approximate surface area is 165 Å². The van der Waals surface area contributed by atoms with Crippen molar-refractivity contribution in [2.45, 2.75) is 27.4 Å². The van der Waals surface area contributed by atoms with Crippen LogP contribution in [0.5, 0.6) is 11.5 Å². The lowest BCUT2D eigenvalue weighted by atomic mass is 10.0. The molecule has 0 saturated heterocycles. The summed E-state index contributed by atoms with van der Waals surface area (Å²) >= 11 is 0. The van der Waals surface area contributed by atoms with Gasteiger partial charge in [0.1, 0.15) is 18.1 Å². The topological polar surface area (TPSA) is 35.5 Å². The van der Waals surface area contributed by atoms with Crippen molar-refractivity contribution in [3.8, 4) is 11.5 Å². The Morgan fingerprint density at radius 1 is 0.929 bits per heavy atom. The highest BCUT2D eigenvalue weighted by Crippen LogP contribution is 2.37. The molecule has 0 aromatic heterocycles. The number of Topliss-reactive ketones (excluding diaryl/α,β-unsaturated/α-hetero) is 1. The number of allylic oxidation sites excluding steroid dienone is 1. The van der Waals surface area contributed by atoms with Gasteiger partial charge in [-0.15, -0.1) is 0 Å². The van der Waals surface area contributed by atoms with Crippen molar-refractivity contribution in [2.75, 3.05) is 0 Å². The normalized spacial score (nSPS) is 14.1. The summed E-state index contributed by atoms with van der Waals surface area (Å²) in [6, 6.07) is 19.8. The molecule has 0 bridgehead atoms. The average Bonchev–Trinajstić information content (AvgIpc) is 2.97. The molecule has 0 radical (unpaired) electrons. The van der Waals surface area contributed by atoms with Gasteiger partial charge in [0, 0.05) is 6.07 Å². The Hall–Kier alpha value is -3.33. The van der Waals surface area contributed by atoms with E-state index >= 15 is 0 Å². The monoisotopic (exact) mass is 370 g/mol. The van der Waals surface area contributed by atoms with Crippen molar-refractivity contribution < 1.29 is 14.3 Å². The van der Waals surface area contributed by atoms with Crippen LogP contribution in [0.3, 0.4) is 0 Å². The second kappa shape index (κ2) is 7.35. The molecule has 3 aromatic rings. The van der Waals surface area contributed by atoms with Crippen LogP contribution in [0.15, 0.2) is 66.4 Å². The summed E-state index contributed by atoms with van der Waals surface area (Å²) in [5.74, 6) is 1.52. The standard InChI is InChI=1S/C25H22O3/c1-16-7-6-9-19(11-16)13-23-25(26)24-18(3)12-21(14-22(24)28-23)27-15-20-10-5-4-8-17(20)2/h4-14H,15H2,1-3H3/b23-13-. The van der Waals surface area contributed by atoms with Gasteiger partial charge in [-0.25, -0.2) is 0 Å². The van der Waals surface area contributed by atoms with Gasteiger partial charge in [0.2, 0.25) is 5.78 Å². The van der Waals surface area contributed by atoms with E-state index in [0.29, 0.717) is 29.4 Å². The molecule has 0 atom stereocenters. The highest BCUT2D eigenvalue weighted by molar-refractivity contribution is 6.15. The Morgan fingerprint density at radius 2 is 1.75 bits per heavy atom. The van der Waals surface area contributed by atoms with E-state index in [1.807, 2.05) is 56.3 Å². The Morgan fingerprint density at radius 3 is 2.54 bits per heavy atom. The summed E-state index contributed by atoms with van der Waals surface area (Å²) in [4.78, 5) is 12.8. The molecular weight excluding hydrogens is 348 g/mol. The fourth-order valence-corrected chi connectivity index (χ4v) is 3.41. The van der Waals surface area contributed by atoms with E-state index in [1.54, 1.807) is 12.1 Å². The summed E-state index contributed by atoms with van der Waals surface area (Å²) in [6.45, 7) is 6.48. The molecule has 0 N–H and O–H groups in total. The number of benzene rings is 3. The van der Waals surface area contributed by atoms with Gasteiger partial charge >= 0.3 is 0 Å². The number of ether oxygens (including phenoxy) is 2. The molecule has 0 aliphatic carbocycles. The second-order valence-corrected chi connectivity index (χ2v) is 7.18. The Balaban J connectivity index is 1.58. The van der Waals surface area contributed by atoms with Crippen LogP contribution < -0.4 is 9.47 Å². The molecule has 4 rings (SSSR count). The Kier molecular flexibility index (Phi) is 4.74. The molecule has 140 valence electrons. The van der Waals surface area contributed by atoms with Gasteiger partial charge in [-0.1, -0.05) is 54.1 Å². The van der Waals surface area contributed by atoms with Gasteiger partial charge in [0.25, 0.3) is 0 Å². The highest BCUT2D eigenvalue weighted by atomic mass is 16.5. The van der Waals surface area contributed by atoms with E-state index < -0.39 is 0 Å². The van der Waals surface area contributed by atoms with Gasteiger partial charge in [-0.05, 0) is 55.2 Å². The van der Waals surface area contributed by atoms with Gasteiger partial charge in [0.15, 0.2) is 5.76 Å². The number of hydrogen-bond acceptors (Lipinski definition) is 3. The van der Waals surface area contributed by atoms with E-state index in [9.17, 15) is 4.79 Å². The first-order valence-electron chi connectivity index (χ1n) is 9.34. The minimum atomic E-state index is -0.0838. The smallest absolute Gasteiger partial charge is 0.232 e. The maximum atomic E-state index is 12.8. The lowest BCUT2D eigenvalue weighted by molar-refractivity contribution is 0.101. The van der Waals surface area contributed by atoms with Crippen molar-refractivity contribution in [1.82, 2.24) is 0 Å². The maximum absolute atomic E-state index is 12.8. The minimum Gasteiger partial charge on any atom is -0.489 e. The molecule has 1 aliphatic heterocycles. The molecule has 3 aromatic carbocycles. The Bertz CT molecular complexity index is 1090. The number of carbonyl (C=O) groups is 1. The van der Waals surface area contributed by atoms with Crippen molar-refractivity contribution >= 4 is 11.9 Å². The van der Waals surface area contributed by atoms with Gasteiger partial charge in [-0.3, -0.25) is 4.79 Å². The molecule has 1 aliphatic rings. The third-order valence-electron chi connectivity index (χ3n) is 4.94. The van der Waals surface area contributed by atoms with E-state index in [-0.39, 0.29) is 5.78 Å². The van der Waals surface area contributed by atoms with Crippen molar-refractivity contribution in [3.63, 3.8) is 0 Å². The summed E-state index contributed by atoms with van der Waals surface area (Å²) in [6.07, 6.45) is 1.79. The van der Waals surface area contributed by atoms with Gasteiger partial charge in [-0.2, -0.15) is 0 Å². The number of carbonyl (C=O) groups excluding carboxylic acids is 1. The molecule has 3 heteroatoms. The first-order chi connectivity index (χ1) is 13.5. The van der Waals surface area contributed by atoms with Crippen LogP contribution in [0.4, 0.5) is 0 Å². The lowest BCUT2D eigenvalue weighted by Crippen LogP contribution is -2.00. The fourth-order valence-electron chi connectivity index (χ4n) is 3.41. The molecule has 0 fully saturated rings. The van der Waals surface area contributed by atoms with Crippen LogP contribution in [-0.4, -0.2) is 5.78 Å². The van der Waals surface area contributed by atoms with E-state index in [4.69, 9.17) is 9.47 Å². The van der Waals surface area contributed by atoms with E-state index in [1.165, 1.54) is 5.56 Å². The summed E-state index contributed by atoms with van der Waals surface area (Å²) in [5.41, 5.74) is 5.88. The summed E-state index contributed by atoms with van der Waals surface area (Å²) in [7, 11) is 0. The molecule has 28 heavy (non-hydrogen) atoms. The molecule has 0 unspecified atom stereocenters. The van der Waals surface area contributed by atoms with Crippen LogP contribution in [0, 0.1) is 20.8 Å². The number of ketones is 1. The third kappa shape index (κ3) is 3.56.